The van der Waals surface area contributed by atoms with Crippen molar-refractivity contribution in [2.45, 2.75) is 24.7 Å². The lowest BCUT2D eigenvalue weighted by Gasteiger charge is -2.27. The van der Waals surface area contributed by atoms with Gasteiger partial charge in [0.25, 0.3) is 0 Å². The molecule has 3 aromatic rings. The van der Waals surface area contributed by atoms with Gasteiger partial charge in [0.15, 0.2) is 0 Å². The third-order valence-electron chi connectivity index (χ3n) is 4.68. The maximum Gasteiger partial charge on any atom is 0.312 e. The minimum atomic E-state index is -3.85. The number of aromatic nitrogens is 1. The van der Waals surface area contributed by atoms with Gasteiger partial charge >= 0.3 is 5.97 Å². The predicted molar refractivity (Wildman–Crippen MR) is 107 cm³/mol. The molecular formula is C21H22NO4P. The molecule has 0 aliphatic rings. The Labute approximate surface area is 157 Å². The zero-order chi connectivity index (χ0) is 19.4. The van der Waals surface area contributed by atoms with E-state index in [2.05, 4.69) is 4.98 Å². The number of carbonyl (C=O) groups is 1. The summed E-state index contributed by atoms with van der Waals surface area (Å²) in [6.45, 7) is 1.73. The van der Waals surface area contributed by atoms with E-state index >= 15 is 0 Å². The Morgan fingerprint density at radius 3 is 2.56 bits per heavy atom. The van der Waals surface area contributed by atoms with Gasteiger partial charge in [0.2, 0.25) is 7.37 Å². The number of rotatable bonds is 7. The lowest BCUT2D eigenvalue weighted by molar-refractivity contribution is -0.138. The molecule has 1 heterocycles. The Hall–Kier alpha value is -2.62. The number of allylic oxidation sites excluding steroid dienone is 2. The van der Waals surface area contributed by atoms with Gasteiger partial charge in [-0.15, -0.1) is 0 Å². The van der Waals surface area contributed by atoms with Crippen LogP contribution >= 0.6 is 7.37 Å². The summed E-state index contributed by atoms with van der Waals surface area (Å²) >= 11 is 0. The van der Waals surface area contributed by atoms with Gasteiger partial charge in [0, 0.05) is 17.1 Å². The van der Waals surface area contributed by atoms with Crippen molar-refractivity contribution in [1.82, 2.24) is 4.98 Å². The van der Waals surface area contributed by atoms with Gasteiger partial charge in [-0.25, -0.2) is 0 Å². The maximum absolute atomic E-state index is 13.3. The molecule has 0 saturated heterocycles. The highest BCUT2D eigenvalue weighted by atomic mass is 31.2. The summed E-state index contributed by atoms with van der Waals surface area (Å²) in [6.07, 6.45) is 4.86. The van der Waals surface area contributed by atoms with Crippen LogP contribution in [0, 0.1) is 0 Å². The molecule has 3 atom stereocenters. The van der Waals surface area contributed by atoms with Crippen molar-refractivity contribution >= 4 is 24.2 Å². The first kappa shape index (κ1) is 19.2. The van der Waals surface area contributed by atoms with Crippen molar-refractivity contribution in [3.8, 4) is 0 Å². The normalized spacial score (nSPS) is 16.2. The Balaban J connectivity index is 2.08. The second kappa shape index (κ2) is 7.95. The van der Waals surface area contributed by atoms with Crippen LogP contribution in [0.4, 0.5) is 0 Å². The van der Waals surface area contributed by atoms with Crippen molar-refractivity contribution in [1.29, 1.82) is 0 Å². The van der Waals surface area contributed by atoms with Crippen LogP contribution in [0.3, 0.4) is 0 Å². The van der Waals surface area contributed by atoms with Crippen LogP contribution < -0.4 is 0 Å². The third-order valence-corrected chi connectivity index (χ3v) is 6.90. The Morgan fingerprint density at radius 1 is 1.15 bits per heavy atom. The molecule has 0 bridgehead atoms. The SMILES string of the molecule is CC=CC(C(C(=O)O)c1cccc2[nH]ccc12)P(=O)(O)Cc1ccccc1. The van der Waals surface area contributed by atoms with E-state index in [1.807, 2.05) is 12.1 Å². The van der Waals surface area contributed by atoms with Crippen LogP contribution in [-0.2, 0) is 15.5 Å². The topological polar surface area (TPSA) is 90.4 Å². The van der Waals surface area contributed by atoms with E-state index in [0.29, 0.717) is 11.1 Å². The first-order valence-corrected chi connectivity index (χ1v) is 10.6. The first-order chi connectivity index (χ1) is 12.9. The molecule has 0 radical (unpaired) electrons. The van der Waals surface area contributed by atoms with E-state index in [1.54, 1.807) is 67.7 Å². The highest BCUT2D eigenvalue weighted by Gasteiger charge is 2.41. The van der Waals surface area contributed by atoms with Crippen LogP contribution in [0.2, 0.25) is 0 Å². The number of hydrogen-bond acceptors (Lipinski definition) is 2. The molecule has 0 fully saturated rings. The molecule has 1 aromatic heterocycles. The number of aromatic amines is 1. The molecule has 140 valence electrons. The summed E-state index contributed by atoms with van der Waals surface area (Å²) in [5, 5.41) is 10.7. The molecule has 0 spiro atoms. The van der Waals surface area contributed by atoms with Crippen LogP contribution in [-0.4, -0.2) is 26.6 Å². The zero-order valence-electron chi connectivity index (χ0n) is 14.9. The van der Waals surface area contributed by atoms with Gasteiger partial charge in [-0.1, -0.05) is 54.6 Å². The number of benzene rings is 2. The van der Waals surface area contributed by atoms with Gasteiger partial charge in [-0.05, 0) is 30.2 Å². The van der Waals surface area contributed by atoms with Crippen LogP contribution in [0.15, 0.2) is 72.9 Å². The molecule has 3 N–H and O–H groups in total. The van der Waals surface area contributed by atoms with Crippen molar-refractivity contribution in [3.05, 3.63) is 84.1 Å². The molecule has 0 amide bonds. The number of H-pyrrole nitrogens is 1. The zero-order valence-corrected chi connectivity index (χ0v) is 15.8. The van der Waals surface area contributed by atoms with Gasteiger partial charge in [0.05, 0.1) is 17.7 Å². The second-order valence-corrected chi connectivity index (χ2v) is 8.94. The lowest BCUT2D eigenvalue weighted by Crippen LogP contribution is -2.25. The fraction of sp³-hybridized carbons (Fsp3) is 0.190. The van der Waals surface area contributed by atoms with Crippen molar-refractivity contribution in [2.24, 2.45) is 0 Å². The number of carboxylic acid groups (broad SMARTS) is 1. The Bertz CT molecular complexity index is 1010. The number of aliphatic carboxylic acids is 1. The molecule has 27 heavy (non-hydrogen) atoms. The molecule has 0 saturated carbocycles. The molecule has 0 aliphatic carbocycles. The number of nitrogens with one attached hydrogen (secondary N) is 1. The molecule has 3 unspecified atom stereocenters. The molecule has 5 nitrogen and oxygen atoms in total. The number of hydrogen-bond donors (Lipinski definition) is 3. The van der Waals surface area contributed by atoms with Crippen LogP contribution in [0.1, 0.15) is 24.0 Å². The molecule has 3 rings (SSSR count). The van der Waals surface area contributed by atoms with Crippen LogP contribution in [0.25, 0.3) is 10.9 Å². The molecule has 0 aliphatic heterocycles. The molecular weight excluding hydrogens is 361 g/mol. The van der Waals surface area contributed by atoms with E-state index in [-0.39, 0.29) is 6.16 Å². The fourth-order valence-corrected chi connectivity index (χ4v) is 5.61. The Kier molecular flexibility index (Phi) is 5.64. The fourth-order valence-electron chi connectivity index (χ4n) is 3.47. The minimum Gasteiger partial charge on any atom is -0.481 e. The van der Waals surface area contributed by atoms with Crippen molar-refractivity contribution in [2.75, 3.05) is 0 Å². The highest BCUT2D eigenvalue weighted by Crippen LogP contribution is 2.55. The maximum atomic E-state index is 13.3. The van der Waals surface area contributed by atoms with Gasteiger partial charge in [-0.3, -0.25) is 9.36 Å². The largest absolute Gasteiger partial charge is 0.481 e. The summed E-state index contributed by atoms with van der Waals surface area (Å²) in [6, 6.07) is 16.1. The number of carboxylic acids is 1. The van der Waals surface area contributed by atoms with E-state index in [9.17, 15) is 19.4 Å². The summed E-state index contributed by atoms with van der Waals surface area (Å²) in [5.74, 6) is -2.24. The van der Waals surface area contributed by atoms with E-state index in [4.69, 9.17) is 0 Å². The van der Waals surface area contributed by atoms with E-state index in [0.717, 1.165) is 10.9 Å². The monoisotopic (exact) mass is 383 g/mol. The highest BCUT2D eigenvalue weighted by molar-refractivity contribution is 7.58. The quantitative estimate of drug-likeness (QED) is 0.406. The minimum absolute atomic E-state index is 0.0737. The average molecular weight is 383 g/mol. The summed E-state index contributed by atoms with van der Waals surface area (Å²) in [5.41, 5.74) is 1.02. The number of fused-ring (bicyclic) bond motifs is 1. The first-order valence-electron chi connectivity index (χ1n) is 8.71. The van der Waals surface area contributed by atoms with Crippen molar-refractivity contribution in [3.63, 3.8) is 0 Å². The lowest BCUT2D eigenvalue weighted by atomic mass is 9.92. The third kappa shape index (κ3) is 4.05. The van der Waals surface area contributed by atoms with E-state index < -0.39 is 24.9 Å². The van der Waals surface area contributed by atoms with Gasteiger partial charge < -0.3 is 15.0 Å². The molecule has 6 heteroatoms. The van der Waals surface area contributed by atoms with Gasteiger partial charge in [-0.2, -0.15) is 0 Å². The summed E-state index contributed by atoms with van der Waals surface area (Å²) in [4.78, 5) is 26.2. The average Bonchev–Trinajstić information content (AvgIpc) is 3.11. The Morgan fingerprint density at radius 2 is 1.89 bits per heavy atom. The second-order valence-electron chi connectivity index (χ2n) is 6.52. The summed E-state index contributed by atoms with van der Waals surface area (Å²) < 4.78 is 13.3. The standard InChI is InChI=1S/C21H22NO4P/c1-2-7-19(27(25,26)14-15-8-4-3-5-9-15)20(21(23)24)17-10-6-11-18-16(17)12-13-22-18/h2-13,19-20,22H,14H2,1H3,(H,23,24)(H,25,26). The van der Waals surface area contributed by atoms with Gasteiger partial charge in [0.1, 0.15) is 0 Å². The smallest absolute Gasteiger partial charge is 0.312 e. The van der Waals surface area contributed by atoms with Crippen molar-refractivity contribution < 1.29 is 19.4 Å². The predicted octanol–water partition coefficient (Wildman–Crippen LogP) is 4.75. The van der Waals surface area contributed by atoms with E-state index in [1.165, 1.54) is 0 Å². The van der Waals surface area contributed by atoms with Crippen LogP contribution in [0.5, 0.6) is 0 Å². The molecule has 2 aromatic carbocycles. The summed E-state index contributed by atoms with van der Waals surface area (Å²) in [7, 11) is -3.85.